The van der Waals surface area contributed by atoms with Crippen LogP contribution in [0.2, 0.25) is 0 Å². The summed E-state index contributed by atoms with van der Waals surface area (Å²) in [6.07, 6.45) is 4.37. The number of rotatable bonds is 3. The van der Waals surface area contributed by atoms with Crippen LogP contribution in [-0.4, -0.2) is 32.4 Å². The first-order chi connectivity index (χ1) is 9.29. The quantitative estimate of drug-likeness (QED) is 0.854. The molecular formula is C13H13N3O2S. The largest absolute Gasteiger partial charge is 0.338 e. The fourth-order valence-corrected chi connectivity index (χ4v) is 3.18. The summed E-state index contributed by atoms with van der Waals surface area (Å²) in [4.78, 5) is 20.2. The van der Waals surface area contributed by atoms with Gasteiger partial charge in [0.2, 0.25) is 11.7 Å². The number of hydrogen-bond acceptors (Lipinski definition) is 6. The fraction of sp³-hybridized carbons (Fsp3) is 0.385. The summed E-state index contributed by atoms with van der Waals surface area (Å²) < 4.78 is 5.26. The average Bonchev–Trinajstić information content (AvgIpc) is 3.07. The number of carbonyl (C=O) groups is 1. The van der Waals surface area contributed by atoms with E-state index >= 15 is 0 Å². The van der Waals surface area contributed by atoms with Gasteiger partial charge in [0.1, 0.15) is 5.92 Å². The highest BCUT2D eigenvalue weighted by Crippen LogP contribution is 2.30. The maximum absolute atomic E-state index is 11.7. The molecule has 0 radical (unpaired) electrons. The number of carbonyl (C=O) groups excluding carboxylic acids is 1. The zero-order valence-electron chi connectivity index (χ0n) is 10.5. The van der Waals surface area contributed by atoms with E-state index in [-0.39, 0.29) is 11.7 Å². The summed E-state index contributed by atoms with van der Waals surface area (Å²) in [5, 5.41) is 4.00. The maximum Gasteiger partial charge on any atom is 0.238 e. The second-order valence-corrected chi connectivity index (χ2v) is 5.41. The summed E-state index contributed by atoms with van der Waals surface area (Å²) >= 11 is 1.61. The summed E-state index contributed by atoms with van der Waals surface area (Å²) in [6, 6.07) is 1.87. The van der Waals surface area contributed by atoms with Gasteiger partial charge in [-0.2, -0.15) is 16.7 Å². The average molecular weight is 275 g/mol. The van der Waals surface area contributed by atoms with Gasteiger partial charge in [-0.1, -0.05) is 12.1 Å². The van der Waals surface area contributed by atoms with E-state index in [0.717, 1.165) is 23.3 Å². The van der Waals surface area contributed by atoms with Gasteiger partial charge in [-0.05, 0) is 18.1 Å². The van der Waals surface area contributed by atoms with Gasteiger partial charge >= 0.3 is 0 Å². The van der Waals surface area contributed by atoms with Crippen molar-refractivity contribution in [2.75, 3.05) is 11.5 Å². The third kappa shape index (κ3) is 2.28. The van der Waals surface area contributed by atoms with Crippen molar-refractivity contribution in [2.45, 2.75) is 19.3 Å². The molecular weight excluding hydrogens is 262 g/mol. The summed E-state index contributed by atoms with van der Waals surface area (Å²) in [7, 11) is 0. The van der Waals surface area contributed by atoms with Crippen molar-refractivity contribution in [2.24, 2.45) is 0 Å². The highest BCUT2D eigenvalue weighted by Gasteiger charge is 2.31. The lowest BCUT2D eigenvalue weighted by atomic mass is 10.1. The van der Waals surface area contributed by atoms with Crippen LogP contribution in [0.25, 0.3) is 11.4 Å². The van der Waals surface area contributed by atoms with E-state index < -0.39 is 0 Å². The molecule has 0 spiro atoms. The lowest BCUT2D eigenvalue weighted by molar-refractivity contribution is -0.117. The van der Waals surface area contributed by atoms with Gasteiger partial charge in [-0.15, -0.1) is 0 Å². The third-order valence-corrected chi connectivity index (χ3v) is 4.24. The molecule has 1 atom stereocenters. The zero-order chi connectivity index (χ0) is 13.2. The minimum absolute atomic E-state index is 0.172. The number of nitrogens with zero attached hydrogens (tertiary/aromatic N) is 3. The maximum atomic E-state index is 11.7. The van der Waals surface area contributed by atoms with Crippen molar-refractivity contribution in [3.8, 4) is 11.4 Å². The van der Waals surface area contributed by atoms with Crippen molar-refractivity contribution >= 4 is 17.5 Å². The highest BCUT2D eigenvalue weighted by molar-refractivity contribution is 8.00. The molecule has 98 valence electrons. The van der Waals surface area contributed by atoms with Gasteiger partial charge in [-0.25, -0.2) is 0 Å². The van der Waals surface area contributed by atoms with Gasteiger partial charge in [0.25, 0.3) is 0 Å². The van der Waals surface area contributed by atoms with Crippen LogP contribution in [0.1, 0.15) is 24.3 Å². The lowest BCUT2D eigenvalue weighted by Crippen LogP contribution is -2.09. The normalized spacial score (nSPS) is 19.0. The number of ketones is 1. The Morgan fingerprint density at radius 1 is 1.53 bits per heavy atom. The lowest BCUT2D eigenvalue weighted by Gasteiger charge is -2.01. The first-order valence-electron chi connectivity index (χ1n) is 6.17. The Morgan fingerprint density at radius 3 is 3.16 bits per heavy atom. The Bertz CT molecular complexity index is 611. The highest BCUT2D eigenvalue weighted by atomic mass is 32.2. The van der Waals surface area contributed by atoms with E-state index in [0.29, 0.717) is 17.5 Å². The standard InChI is InChI=1S/C13H13N3O2S/c1-2-8-5-14-4-3-9(8)12-15-13(18-16-12)10-6-19-7-11(10)17/h3-5,10H,2,6-7H2,1H3. The summed E-state index contributed by atoms with van der Waals surface area (Å²) in [5.41, 5.74) is 1.99. The van der Waals surface area contributed by atoms with Crippen LogP contribution in [0, 0.1) is 0 Å². The minimum atomic E-state index is -0.238. The Balaban J connectivity index is 1.95. The van der Waals surface area contributed by atoms with Gasteiger partial charge in [0, 0.05) is 23.7 Å². The predicted octanol–water partition coefficient (Wildman–Crippen LogP) is 2.09. The molecule has 0 aliphatic carbocycles. The number of aromatic nitrogens is 3. The van der Waals surface area contributed by atoms with Crippen molar-refractivity contribution in [3.05, 3.63) is 29.9 Å². The molecule has 0 N–H and O–H groups in total. The monoisotopic (exact) mass is 275 g/mol. The van der Waals surface area contributed by atoms with Crippen molar-refractivity contribution in [1.82, 2.24) is 15.1 Å². The molecule has 0 amide bonds. The molecule has 1 unspecified atom stereocenters. The number of hydrogen-bond donors (Lipinski definition) is 0. The molecule has 1 aliphatic heterocycles. The van der Waals surface area contributed by atoms with Gasteiger partial charge in [-0.3, -0.25) is 9.78 Å². The molecule has 19 heavy (non-hydrogen) atoms. The SMILES string of the molecule is CCc1cnccc1-c1noc(C2CSCC2=O)n1. The first kappa shape index (κ1) is 12.3. The van der Waals surface area contributed by atoms with Gasteiger partial charge in [0.05, 0.1) is 5.75 Å². The van der Waals surface area contributed by atoms with Crippen molar-refractivity contribution in [3.63, 3.8) is 0 Å². The molecule has 3 rings (SSSR count). The van der Waals surface area contributed by atoms with E-state index in [1.54, 1.807) is 18.0 Å². The molecule has 2 aromatic rings. The Labute approximate surface area is 114 Å². The molecule has 6 heteroatoms. The number of aryl methyl sites for hydroxylation is 1. The number of Topliss-reactive ketones (excluding diaryl/α,β-unsaturated/α-hetero) is 1. The fourth-order valence-electron chi connectivity index (χ4n) is 2.09. The second-order valence-electron chi connectivity index (χ2n) is 4.38. The molecule has 0 saturated carbocycles. The third-order valence-electron chi connectivity index (χ3n) is 3.18. The molecule has 1 saturated heterocycles. The van der Waals surface area contributed by atoms with E-state index in [4.69, 9.17) is 4.52 Å². The molecule has 3 heterocycles. The van der Waals surface area contributed by atoms with Crippen LogP contribution >= 0.6 is 11.8 Å². The van der Waals surface area contributed by atoms with Crippen molar-refractivity contribution in [1.29, 1.82) is 0 Å². The Morgan fingerprint density at radius 2 is 2.42 bits per heavy atom. The van der Waals surface area contributed by atoms with Crippen LogP contribution in [-0.2, 0) is 11.2 Å². The minimum Gasteiger partial charge on any atom is -0.338 e. The van der Waals surface area contributed by atoms with E-state index in [9.17, 15) is 4.79 Å². The van der Waals surface area contributed by atoms with Crippen LogP contribution < -0.4 is 0 Å². The van der Waals surface area contributed by atoms with Crippen LogP contribution in [0.15, 0.2) is 23.0 Å². The summed E-state index contributed by atoms with van der Waals surface area (Å²) in [5.74, 6) is 2.18. The van der Waals surface area contributed by atoms with Gasteiger partial charge < -0.3 is 4.52 Å². The molecule has 5 nitrogen and oxygen atoms in total. The van der Waals surface area contributed by atoms with Gasteiger partial charge in [0.15, 0.2) is 5.78 Å². The predicted molar refractivity (Wildman–Crippen MR) is 72.0 cm³/mol. The second kappa shape index (κ2) is 5.13. The zero-order valence-corrected chi connectivity index (χ0v) is 11.3. The summed E-state index contributed by atoms with van der Waals surface area (Å²) in [6.45, 7) is 2.05. The van der Waals surface area contributed by atoms with Crippen LogP contribution in [0.4, 0.5) is 0 Å². The molecule has 1 aliphatic rings. The van der Waals surface area contributed by atoms with Crippen LogP contribution in [0.5, 0.6) is 0 Å². The number of pyridine rings is 1. The van der Waals surface area contributed by atoms with E-state index in [1.165, 1.54) is 0 Å². The smallest absolute Gasteiger partial charge is 0.238 e. The number of thioether (sulfide) groups is 1. The molecule has 1 fully saturated rings. The van der Waals surface area contributed by atoms with E-state index in [1.807, 2.05) is 12.3 Å². The Kier molecular flexibility index (Phi) is 3.33. The molecule has 2 aromatic heterocycles. The Hall–Kier alpha value is -1.69. The first-order valence-corrected chi connectivity index (χ1v) is 7.32. The molecule has 0 aromatic carbocycles. The van der Waals surface area contributed by atoms with E-state index in [2.05, 4.69) is 22.0 Å². The van der Waals surface area contributed by atoms with Crippen molar-refractivity contribution < 1.29 is 9.32 Å². The molecule has 0 bridgehead atoms. The van der Waals surface area contributed by atoms with Crippen LogP contribution in [0.3, 0.4) is 0 Å². The topological polar surface area (TPSA) is 68.9 Å².